The van der Waals surface area contributed by atoms with Gasteiger partial charge >= 0.3 is 12.0 Å². The standard InChI is InChI=1S/C11H17ClN2O3/c1-8(12)6-13-10(17)14-7-11(9(15)16)4-2-3-5-11/h1-7H2,(H,15,16)(H2,13,14,17). The van der Waals surface area contributed by atoms with Crippen LogP contribution >= 0.6 is 11.6 Å². The van der Waals surface area contributed by atoms with Crippen molar-refractivity contribution in [2.24, 2.45) is 5.41 Å². The van der Waals surface area contributed by atoms with Crippen molar-refractivity contribution in [3.8, 4) is 0 Å². The lowest BCUT2D eigenvalue weighted by atomic mass is 9.86. The Bertz CT molecular complexity index is 325. The van der Waals surface area contributed by atoms with Gasteiger partial charge in [-0.15, -0.1) is 0 Å². The minimum absolute atomic E-state index is 0.156. The monoisotopic (exact) mass is 260 g/mol. The average Bonchev–Trinajstić information content (AvgIpc) is 2.73. The molecule has 1 saturated carbocycles. The van der Waals surface area contributed by atoms with Crippen molar-refractivity contribution in [2.75, 3.05) is 13.1 Å². The molecule has 0 aromatic carbocycles. The fourth-order valence-corrected chi connectivity index (χ4v) is 2.07. The zero-order chi connectivity index (χ0) is 12.9. The smallest absolute Gasteiger partial charge is 0.315 e. The molecular formula is C11H17ClN2O3. The predicted octanol–water partition coefficient (Wildman–Crippen LogP) is 1.68. The van der Waals surface area contributed by atoms with E-state index < -0.39 is 17.4 Å². The van der Waals surface area contributed by atoms with Crippen LogP contribution in [0.15, 0.2) is 11.6 Å². The third-order valence-electron chi connectivity index (χ3n) is 3.04. The lowest BCUT2D eigenvalue weighted by Gasteiger charge is -2.23. The maximum absolute atomic E-state index is 11.4. The molecule has 0 heterocycles. The van der Waals surface area contributed by atoms with Crippen LogP contribution < -0.4 is 10.6 Å². The third kappa shape index (κ3) is 3.93. The Morgan fingerprint density at radius 1 is 1.29 bits per heavy atom. The van der Waals surface area contributed by atoms with Gasteiger partial charge in [0.05, 0.1) is 12.0 Å². The molecule has 2 amide bonds. The zero-order valence-electron chi connectivity index (χ0n) is 9.59. The molecule has 3 N–H and O–H groups in total. The highest BCUT2D eigenvalue weighted by molar-refractivity contribution is 6.29. The van der Waals surface area contributed by atoms with Crippen molar-refractivity contribution in [1.29, 1.82) is 0 Å². The molecule has 0 atom stereocenters. The molecule has 0 radical (unpaired) electrons. The van der Waals surface area contributed by atoms with Crippen LogP contribution in [-0.2, 0) is 4.79 Å². The first-order valence-corrected chi connectivity index (χ1v) is 5.92. The number of carbonyl (C=O) groups excluding carboxylic acids is 1. The minimum atomic E-state index is -0.836. The van der Waals surface area contributed by atoms with Crippen LogP contribution in [-0.4, -0.2) is 30.2 Å². The number of carbonyl (C=O) groups is 2. The van der Waals surface area contributed by atoms with Crippen LogP contribution in [0.3, 0.4) is 0 Å². The molecule has 1 rings (SSSR count). The number of rotatable bonds is 5. The fourth-order valence-electron chi connectivity index (χ4n) is 2.01. The van der Waals surface area contributed by atoms with E-state index in [9.17, 15) is 14.7 Å². The molecule has 0 aromatic rings. The number of hydrogen-bond donors (Lipinski definition) is 3. The second kappa shape index (κ2) is 5.91. The van der Waals surface area contributed by atoms with Crippen molar-refractivity contribution in [1.82, 2.24) is 10.6 Å². The molecule has 96 valence electrons. The quantitative estimate of drug-likeness (QED) is 0.704. The van der Waals surface area contributed by atoms with Gasteiger partial charge in [-0.3, -0.25) is 4.79 Å². The van der Waals surface area contributed by atoms with Crippen molar-refractivity contribution < 1.29 is 14.7 Å². The second-order valence-electron chi connectivity index (χ2n) is 4.35. The van der Waals surface area contributed by atoms with E-state index in [0.717, 1.165) is 12.8 Å². The van der Waals surface area contributed by atoms with Gasteiger partial charge in [0.25, 0.3) is 0 Å². The van der Waals surface area contributed by atoms with Crippen LogP contribution in [0.5, 0.6) is 0 Å². The molecule has 6 heteroatoms. The van der Waals surface area contributed by atoms with Gasteiger partial charge in [-0.2, -0.15) is 0 Å². The van der Waals surface area contributed by atoms with E-state index in [1.165, 1.54) is 0 Å². The summed E-state index contributed by atoms with van der Waals surface area (Å²) >= 11 is 5.50. The van der Waals surface area contributed by atoms with Gasteiger partial charge < -0.3 is 15.7 Å². The molecule has 0 spiro atoms. The third-order valence-corrected chi connectivity index (χ3v) is 3.18. The molecule has 5 nitrogen and oxygen atoms in total. The summed E-state index contributed by atoms with van der Waals surface area (Å²) in [5.41, 5.74) is -0.796. The van der Waals surface area contributed by atoms with Crippen LogP contribution in [0.4, 0.5) is 4.79 Å². The first-order chi connectivity index (χ1) is 7.96. The number of hydrogen-bond acceptors (Lipinski definition) is 2. The first kappa shape index (κ1) is 13.8. The maximum Gasteiger partial charge on any atom is 0.315 e. The number of amides is 2. The van der Waals surface area contributed by atoms with Crippen molar-refractivity contribution >= 4 is 23.6 Å². The van der Waals surface area contributed by atoms with Crippen LogP contribution in [0.25, 0.3) is 0 Å². The molecular weight excluding hydrogens is 244 g/mol. The van der Waals surface area contributed by atoms with Crippen LogP contribution in [0.1, 0.15) is 25.7 Å². The van der Waals surface area contributed by atoms with Gasteiger partial charge in [0, 0.05) is 11.6 Å². The summed E-state index contributed by atoms with van der Waals surface area (Å²) in [6.07, 6.45) is 3.03. The highest BCUT2D eigenvalue weighted by Crippen LogP contribution is 2.37. The van der Waals surface area contributed by atoms with Crippen molar-refractivity contribution in [3.63, 3.8) is 0 Å². The van der Waals surface area contributed by atoms with Gasteiger partial charge in [-0.25, -0.2) is 4.79 Å². The Labute approximate surface area is 105 Å². The van der Waals surface area contributed by atoms with Gasteiger partial charge in [-0.05, 0) is 12.8 Å². The SMILES string of the molecule is C=C(Cl)CNC(=O)NCC1(C(=O)O)CCCC1. The number of nitrogens with one attached hydrogen (secondary N) is 2. The number of aliphatic carboxylic acids is 1. The second-order valence-corrected chi connectivity index (χ2v) is 4.88. The molecule has 0 saturated heterocycles. The molecule has 17 heavy (non-hydrogen) atoms. The zero-order valence-corrected chi connectivity index (χ0v) is 10.3. The van der Waals surface area contributed by atoms with Gasteiger partial charge in [0.2, 0.25) is 0 Å². The summed E-state index contributed by atoms with van der Waals surface area (Å²) in [7, 11) is 0. The average molecular weight is 261 g/mol. The summed E-state index contributed by atoms with van der Waals surface area (Å²) in [6, 6.07) is -0.417. The van der Waals surface area contributed by atoms with Gasteiger partial charge in [0.1, 0.15) is 0 Å². The van der Waals surface area contributed by atoms with E-state index >= 15 is 0 Å². The normalized spacial score (nSPS) is 17.5. The van der Waals surface area contributed by atoms with Crippen LogP contribution in [0, 0.1) is 5.41 Å². The van der Waals surface area contributed by atoms with E-state index in [-0.39, 0.29) is 13.1 Å². The summed E-state index contributed by atoms with van der Waals surface area (Å²) in [4.78, 5) is 22.5. The fraction of sp³-hybridized carbons (Fsp3) is 0.636. The number of halogens is 1. The summed E-state index contributed by atoms with van der Waals surface area (Å²) in [5.74, 6) is -0.836. The van der Waals surface area contributed by atoms with Gasteiger partial charge in [0.15, 0.2) is 0 Å². The highest BCUT2D eigenvalue weighted by atomic mass is 35.5. The summed E-state index contributed by atoms with van der Waals surface area (Å²) < 4.78 is 0. The molecule has 1 aliphatic rings. The van der Waals surface area contributed by atoms with E-state index in [1.807, 2.05) is 0 Å². The topological polar surface area (TPSA) is 78.4 Å². The Morgan fingerprint density at radius 3 is 2.35 bits per heavy atom. The van der Waals surface area contributed by atoms with E-state index in [0.29, 0.717) is 17.9 Å². The number of carboxylic acids is 1. The van der Waals surface area contributed by atoms with E-state index in [2.05, 4.69) is 17.2 Å². The first-order valence-electron chi connectivity index (χ1n) is 5.55. The molecule has 0 unspecified atom stereocenters. The molecule has 0 aliphatic heterocycles. The number of urea groups is 1. The van der Waals surface area contributed by atoms with Crippen LogP contribution in [0.2, 0.25) is 0 Å². The Balaban J connectivity index is 2.40. The van der Waals surface area contributed by atoms with Crippen molar-refractivity contribution in [2.45, 2.75) is 25.7 Å². The molecule has 0 bridgehead atoms. The summed E-state index contributed by atoms with van der Waals surface area (Å²) in [6.45, 7) is 3.77. The van der Waals surface area contributed by atoms with Crippen molar-refractivity contribution in [3.05, 3.63) is 11.6 Å². The lowest BCUT2D eigenvalue weighted by Crippen LogP contribution is -2.45. The predicted molar refractivity (Wildman–Crippen MR) is 64.9 cm³/mol. The summed E-state index contributed by atoms with van der Waals surface area (Å²) in [5, 5.41) is 14.6. The Hall–Kier alpha value is -1.23. The largest absolute Gasteiger partial charge is 0.481 e. The van der Waals surface area contributed by atoms with E-state index in [1.54, 1.807) is 0 Å². The van der Waals surface area contributed by atoms with E-state index in [4.69, 9.17) is 11.6 Å². The molecule has 1 fully saturated rings. The Kier molecular flexibility index (Phi) is 4.81. The lowest BCUT2D eigenvalue weighted by molar-refractivity contribution is -0.148. The molecule has 0 aromatic heterocycles. The maximum atomic E-state index is 11.4. The number of carboxylic acid groups (broad SMARTS) is 1. The highest BCUT2D eigenvalue weighted by Gasteiger charge is 2.41. The Morgan fingerprint density at radius 2 is 1.88 bits per heavy atom. The minimum Gasteiger partial charge on any atom is -0.481 e. The van der Waals surface area contributed by atoms with Gasteiger partial charge in [-0.1, -0.05) is 31.0 Å². The molecule has 1 aliphatic carbocycles.